The van der Waals surface area contributed by atoms with E-state index in [4.69, 9.17) is 4.42 Å². The van der Waals surface area contributed by atoms with Crippen LogP contribution in [0.3, 0.4) is 0 Å². The number of nitrogens with one attached hydrogen (secondary N) is 1. The fraction of sp³-hybridized carbons (Fsp3) is 0.154. The molecule has 0 aliphatic carbocycles. The van der Waals surface area contributed by atoms with E-state index in [0.717, 1.165) is 0 Å². The number of hydrogen-bond acceptors (Lipinski definition) is 4. The molecule has 1 amide bonds. The summed E-state index contributed by atoms with van der Waals surface area (Å²) in [5.74, 6) is -0.190. The van der Waals surface area contributed by atoms with Gasteiger partial charge in [-0.25, -0.2) is 4.98 Å². The summed E-state index contributed by atoms with van der Waals surface area (Å²) in [6.45, 7) is 3.18. The minimum Gasteiger partial charge on any atom is -0.438 e. The molecule has 0 spiro atoms. The minimum atomic E-state index is -0.361. The second kappa shape index (κ2) is 4.83. The van der Waals surface area contributed by atoms with Crippen molar-refractivity contribution in [2.75, 3.05) is 5.32 Å². The van der Waals surface area contributed by atoms with Gasteiger partial charge in [0.15, 0.2) is 12.2 Å². The van der Waals surface area contributed by atoms with Gasteiger partial charge in [-0.15, -0.1) is 0 Å². The number of aryl methyl sites for hydroxylation is 1. The number of Topliss-reactive ketones (excluding diaryl/α,β-unsaturated/α-hetero) is 1. The fourth-order valence-electron chi connectivity index (χ4n) is 1.50. The van der Waals surface area contributed by atoms with Gasteiger partial charge in [-0.1, -0.05) is 0 Å². The van der Waals surface area contributed by atoms with E-state index in [1.807, 2.05) is 0 Å². The van der Waals surface area contributed by atoms with Gasteiger partial charge in [0.25, 0.3) is 5.91 Å². The van der Waals surface area contributed by atoms with Crippen molar-refractivity contribution in [3.63, 3.8) is 0 Å². The van der Waals surface area contributed by atoms with E-state index in [0.29, 0.717) is 16.9 Å². The van der Waals surface area contributed by atoms with Crippen molar-refractivity contribution in [2.24, 2.45) is 0 Å². The highest BCUT2D eigenvalue weighted by Crippen LogP contribution is 2.13. The lowest BCUT2D eigenvalue weighted by Gasteiger charge is -2.04. The third-order valence-electron chi connectivity index (χ3n) is 2.50. The molecule has 0 unspecified atom stereocenters. The molecular formula is C13H12N2O3. The second-order valence-electron chi connectivity index (χ2n) is 3.85. The number of aromatic nitrogens is 1. The van der Waals surface area contributed by atoms with Gasteiger partial charge in [0, 0.05) is 11.3 Å². The van der Waals surface area contributed by atoms with Crippen LogP contribution in [0.1, 0.15) is 33.5 Å². The Morgan fingerprint density at radius 1 is 1.22 bits per heavy atom. The van der Waals surface area contributed by atoms with E-state index >= 15 is 0 Å². The lowest BCUT2D eigenvalue weighted by atomic mass is 10.1. The van der Waals surface area contributed by atoms with Crippen LogP contribution < -0.4 is 5.32 Å². The zero-order valence-electron chi connectivity index (χ0n) is 10.1. The number of benzene rings is 1. The Morgan fingerprint density at radius 2 is 1.89 bits per heavy atom. The highest BCUT2D eigenvalue weighted by atomic mass is 16.3. The molecule has 2 aromatic rings. The molecule has 0 bridgehead atoms. The fourth-order valence-corrected chi connectivity index (χ4v) is 1.50. The minimum absolute atomic E-state index is 0.0149. The molecule has 0 saturated heterocycles. The van der Waals surface area contributed by atoms with Crippen LogP contribution in [-0.2, 0) is 0 Å². The second-order valence-corrected chi connectivity index (χ2v) is 3.85. The maximum atomic E-state index is 11.8. The molecule has 0 aliphatic heterocycles. The standard InChI is InChI=1S/C13H12N2O3/c1-8-12(18-7-14-8)13(17)15-11-5-3-10(4-6-11)9(2)16/h3-7H,1-2H3,(H,15,17). The van der Waals surface area contributed by atoms with Crippen LogP contribution in [0, 0.1) is 6.92 Å². The Balaban J connectivity index is 2.13. The van der Waals surface area contributed by atoms with E-state index in [2.05, 4.69) is 10.3 Å². The van der Waals surface area contributed by atoms with Crippen molar-refractivity contribution in [3.8, 4) is 0 Å². The highest BCUT2D eigenvalue weighted by Gasteiger charge is 2.13. The first-order valence-corrected chi connectivity index (χ1v) is 5.40. The number of hydrogen-bond donors (Lipinski definition) is 1. The molecule has 0 fully saturated rings. The number of ketones is 1. The van der Waals surface area contributed by atoms with E-state index in [9.17, 15) is 9.59 Å². The van der Waals surface area contributed by atoms with Crippen molar-refractivity contribution in [2.45, 2.75) is 13.8 Å². The molecule has 92 valence electrons. The summed E-state index contributed by atoms with van der Waals surface area (Å²) in [4.78, 5) is 26.7. The molecule has 5 heteroatoms. The molecule has 0 saturated carbocycles. The number of oxazole rings is 1. The lowest BCUT2D eigenvalue weighted by Crippen LogP contribution is -2.12. The van der Waals surface area contributed by atoms with E-state index in [-0.39, 0.29) is 17.5 Å². The highest BCUT2D eigenvalue weighted by molar-refractivity contribution is 6.03. The van der Waals surface area contributed by atoms with Gasteiger partial charge in [0.2, 0.25) is 5.76 Å². The summed E-state index contributed by atoms with van der Waals surface area (Å²) in [5.41, 5.74) is 1.73. The SMILES string of the molecule is CC(=O)c1ccc(NC(=O)c2ocnc2C)cc1. The van der Waals surface area contributed by atoms with E-state index in [1.165, 1.54) is 13.3 Å². The summed E-state index contributed by atoms with van der Waals surface area (Å²) in [5, 5.41) is 2.67. The van der Waals surface area contributed by atoms with Crippen molar-refractivity contribution >= 4 is 17.4 Å². The van der Waals surface area contributed by atoms with Crippen LogP contribution in [-0.4, -0.2) is 16.7 Å². The Labute approximate surface area is 104 Å². The quantitative estimate of drug-likeness (QED) is 0.841. The maximum absolute atomic E-state index is 11.8. The molecule has 1 aromatic carbocycles. The van der Waals surface area contributed by atoms with Gasteiger partial charge in [-0.2, -0.15) is 0 Å². The Morgan fingerprint density at radius 3 is 2.39 bits per heavy atom. The van der Waals surface area contributed by atoms with E-state index in [1.54, 1.807) is 31.2 Å². The Hall–Kier alpha value is -2.43. The van der Waals surface area contributed by atoms with Gasteiger partial charge in [0.05, 0.1) is 5.69 Å². The summed E-state index contributed by atoms with van der Waals surface area (Å²) >= 11 is 0. The third kappa shape index (κ3) is 2.45. The third-order valence-corrected chi connectivity index (χ3v) is 2.50. The first-order valence-electron chi connectivity index (χ1n) is 5.40. The monoisotopic (exact) mass is 244 g/mol. The van der Waals surface area contributed by atoms with Crippen LogP contribution in [0.15, 0.2) is 35.1 Å². The molecule has 2 rings (SSSR count). The van der Waals surface area contributed by atoms with Crippen LogP contribution in [0.2, 0.25) is 0 Å². The Kier molecular flexibility index (Phi) is 3.23. The average Bonchev–Trinajstić information content (AvgIpc) is 2.76. The molecule has 18 heavy (non-hydrogen) atoms. The van der Waals surface area contributed by atoms with Crippen LogP contribution in [0.5, 0.6) is 0 Å². The van der Waals surface area contributed by atoms with Crippen LogP contribution >= 0.6 is 0 Å². The van der Waals surface area contributed by atoms with Gasteiger partial charge < -0.3 is 9.73 Å². The summed E-state index contributed by atoms with van der Waals surface area (Å²) < 4.78 is 4.98. The molecule has 0 radical (unpaired) electrons. The number of anilines is 1. The van der Waals surface area contributed by atoms with Gasteiger partial charge in [0.1, 0.15) is 0 Å². The van der Waals surface area contributed by atoms with Crippen molar-refractivity contribution in [1.82, 2.24) is 4.98 Å². The van der Waals surface area contributed by atoms with Crippen LogP contribution in [0.4, 0.5) is 5.69 Å². The smallest absolute Gasteiger partial charge is 0.293 e. The number of amides is 1. The Bertz CT molecular complexity index is 585. The molecule has 0 aliphatic rings. The predicted octanol–water partition coefficient (Wildman–Crippen LogP) is 2.44. The normalized spacial score (nSPS) is 10.1. The van der Waals surface area contributed by atoms with Gasteiger partial charge >= 0.3 is 0 Å². The van der Waals surface area contributed by atoms with Crippen LogP contribution in [0.25, 0.3) is 0 Å². The molecule has 0 atom stereocenters. The number of rotatable bonds is 3. The first-order chi connectivity index (χ1) is 8.58. The molecule has 1 aromatic heterocycles. The zero-order valence-corrected chi connectivity index (χ0v) is 10.1. The topological polar surface area (TPSA) is 72.2 Å². The molecule has 5 nitrogen and oxygen atoms in total. The van der Waals surface area contributed by atoms with Crippen molar-refractivity contribution in [1.29, 1.82) is 0 Å². The molecule has 1 N–H and O–H groups in total. The zero-order chi connectivity index (χ0) is 13.1. The summed E-state index contributed by atoms with van der Waals surface area (Å²) in [7, 11) is 0. The largest absolute Gasteiger partial charge is 0.438 e. The summed E-state index contributed by atoms with van der Waals surface area (Å²) in [6, 6.07) is 6.65. The first kappa shape index (κ1) is 12.0. The summed E-state index contributed by atoms with van der Waals surface area (Å²) in [6.07, 6.45) is 1.23. The lowest BCUT2D eigenvalue weighted by molar-refractivity contribution is 0.0993. The van der Waals surface area contributed by atoms with Gasteiger partial charge in [-0.05, 0) is 38.1 Å². The van der Waals surface area contributed by atoms with E-state index < -0.39 is 0 Å². The average molecular weight is 244 g/mol. The van der Waals surface area contributed by atoms with Crippen molar-refractivity contribution < 1.29 is 14.0 Å². The van der Waals surface area contributed by atoms with Gasteiger partial charge in [-0.3, -0.25) is 9.59 Å². The molecule has 1 heterocycles. The number of nitrogens with zero attached hydrogens (tertiary/aromatic N) is 1. The maximum Gasteiger partial charge on any atom is 0.293 e. The molecular weight excluding hydrogens is 232 g/mol. The van der Waals surface area contributed by atoms with Crippen molar-refractivity contribution in [3.05, 3.63) is 47.7 Å². The predicted molar refractivity (Wildman–Crippen MR) is 65.6 cm³/mol. The number of carbonyl (C=O) groups is 2. The number of carbonyl (C=O) groups excluding carboxylic acids is 2.